The van der Waals surface area contributed by atoms with Gasteiger partial charge >= 0.3 is 0 Å². The molecule has 0 bridgehead atoms. The minimum atomic E-state index is -1.71. The number of nitrogens with zero attached hydrogens (tertiary/aromatic N) is 1. The lowest BCUT2D eigenvalue weighted by Gasteiger charge is -2.31. The number of likely N-dealkylation sites (N-methyl/N-ethyl adjacent to an activating group) is 1. The molecule has 0 radical (unpaired) electrons. The number of hydrogen-bond acceptors (Lipinski definition) is 6. The first-order valence-corrected chi connectivity index (χ1v) is 9.76. The number of carbonyl (C=O) groups excluding carboxylic acids is 2. The number of unbranched alkanes of at least 4 members (excludes halogenated alkanes) is 8. The molecule has 0 aromatic heterocycles. The first-order chi connectivity index (χ1) is 12.4. The third kappa shape index (κ3) is 9.62. The third-order valence-corrected chi connectivity index (χ3v) is 4.76. The molecule has 0 rings (SSSR count). The summed E-state index contributed by atoms with van der Waals surface area (Å²) < 4.78 is 0. The fraction of sp³-hybridized carbons (Fsp3) is 0.895. The summed E-state index contributed by atoms with van der Waals surface area (Å²) in [6, 6.07) is -1.27. The van der Waals surface area contributed by atoms with Gasteiger partial charge in [0.1, 0.15) is 30.6 Å². The maximum absolute atomic E-state index is 12.2. The van der Waals surface area contributed by atoms with Crippen molar-refractivity contribution in [1.82, 2.24) is 4.90 Å². The zero-order chi connectivity index (χ0) is 19.9. The predicted molar refractivity (Wildman–Crippen MR) is 99.6 cm³/mol. The van der Waals surface area contributed by atoms with Gasteiger partial charge in [0.2, 0.25) is 5.91 Å². The Morgan fingerprint density at radius 2 is 1.42 bits per heavy atom. The van der Waals surface area contributed by atoms with Crippen LogP contribution in [0.15, 0.2) is 0 Å². The summed E-state index contributed by atoms with van der Waals surface area (Å²) in [5, 5.41) is 37.9. The van der Waals surface area contributed by atoms with Gasteiger partial charge in [-0.05, 0) is 6.42 Å². The molecule has 0 heterocycles. The monoisotopic (exact) mass is 375 g/mol. The highest BCUT2D eigenvalue weighted by atomic mass is 16.4. The van der Waals surface area contributed by atoms with Crippen molar-refractivity contribution in [2.75, 3.05) is 13.7 Å². The molecule has 4 atom stereocenters. The fourth-order valence-corrected chi connectivity index (χ4v) is 2.87. The molecule has 26 heavy (non-hydrogen) atoms. The highest BCUT2D eigenvalue weighted by Crippen LogP contribution is 2.13. The van der Waals surface area contributed by atoms with Gasteiger partial charge in [0.25, 0.3) is 0 Å². The van der Waals surface area contributed by atoms with E-state index < -0.39 is 31.0 Å². The number of carbonyl (C=O) groups is 2. The summed E-state index contributed by atoms with van der Waals surface area (Å²) in [7, 11) is 1.39. The minimum absolute atomic E-state index is 0.266. The molecule has 7 heteroatoms. The van der Waals surface area contributed by atoms with Crippen LogP contribution in [0.3, 0.4) is 0 Å². The van der Waals surface area contributed by atoms with Crippen LogP contribution in [0.4, 0.5) is 0 Å². The number of aliphatic hydroxyl groups is 4. The molecule has 0 aliphatic carbocycles. The van der Waals surface area contributed by atoms with Gasteiger partial charge in [-0.3, -0.25) is 4.79 Å². The van der Waals surface area contributed by atoms with Gasteiger partial charge in [-0.2, -0.15) is 0 Å². The third-order valence-electron chi connectivity index (χ3n) is 4.76. The maximum atomic E-state index is 12.2. The number of aldehydes is 1. The Balaban J connectivity index is 4.13. The van der Waals surface area contributed by atoms with E-state index in [4.69, 9.17) is 5.11 Å². The summed E-state index contributed by atoms with van der Waals surface area (Å²) in [6.45, 7) is 1.44. The molecule has 0 saturated heterocycles. The van der Waals surface area contributed by atoms with Gasteiger partial charge in [-0.1, -0.05) is 58.3 Å². The van der Waals surface area contributed by atoms with Crippen molar-refractivity contribution in [3.8, 4) is 0 Å². The Morgan fingerprint density at radius 1 is 0.923 bits per heavy atom. The Bertz CT molecular complexity index is 379. The molecular formula is C19H37NO6. The van der Waals surface area contributed by atoms with Crippen molar-refractivity contribution >= 4 is 12.2 Å². The second-order valence-corrected chi connectivity index (χ2v) is 6.94. The van der Waals surface area contributed by atoms with Gasteiger partial charge in [-0.15, -0.1) is 0 Å². The second kappa shape index (κ2) is 15.1. The fourth-order valence-electron chi connectivity index (χ4n) is 2.87. The van der Waals surface area contributed by atoms with E-state index in [1.54, 1.807) is 0 Å². The number of hydrogen-bond donors (Lipinski definition) is 4. The van der Waals surface area contributed by atoms with Crippen LogP contribution in [0, 0.1) is 0 Å². The lowest BCUT2D eigenvalue weighted by Crippen LogP contribution is -2.54. The molecule has 0 aromatic carbocycles. The summed E-state index contributed by atoms with van der Waals surface area (Å²) in [6.07, 6.45) is 5.86. The molecule has 0 unspecified atom stereocenters. The number of rotatable bonds is 16. The van der Waals surface area contributed by atoms with E-state index in [-0.39, 0.29) is 12.3 Å². The van der Waals surface area contributed by atoms with Crippen molar-refractivity contribution in [1.29, 1.82) is 0 Å². The summed E-state index contributed by atoms with van der Waals surface area (Å²) in [4.78, 5) is 24.5. The minimum Gasteiger partial charge on any atom is -0.394 e. The predicted octanol–water partition coefficient (Wildman–Crippen LogP) is 1.01. The Morgan fingerprint density at radius 3 is 1.88 bits per heavy atom. The SMILES string of the molecule is CCCCCCCCCCCC(=O)N(C)[C@@H](C=O)[C@@H](O)[C@H](O)[C@H](O)CO. The molecule has 4 N–H and O–H groups in total. The topological polar surface area (TPSA) is 118 Å². The van der Waals surface area contributed by atoms with Crippen molar-refractivity contribution in [2.45, 2.75) is 95.5 Å². The lowest BCUT2D eigenvalue weighted by atomic mass is 10.0. The summed E-state index contributed by atoms with van der Waals surface area (Å²) in [5.41, 5.74) is 0. The van der Waals surface area contributed by atoms with E-state index in [0.717, 1.165) is 24.2 Å². The molecule has 0 aliphatic heterocycles. The molecule has 0 fully saturated rings. The Hall–Kier alpha value is -1.02. The van der Waals surface area contributed by atoms with Gasteiger partial charge in [0.05, 0.1) is 6.61 Å². The Kier molecular flexibility index (Phi) is 14.5. The van der Waals surface area contributed by atoms with Crippen molar-refractivity contribution in [3.63, 3.8) is 0 Å². The van der Waals surface area contributed by atoms with Crippen LogP contribution in [0.2, 0.25) is 0 Å². The van der Waals surface area contributed by atoms with Crippen LogP contribution in [-0.4, -0.2) is 75.5 Å². The van der Waals surface area contributed by atoms with Crippen molar-refractivity contribution in [2.24, 2.45) is 0 Å². The van der Waals surface area contributed by atoms with Crippen LogP contribution in [0.5, 0.6) is 0 Å². The van der Waals surface area contributed by atoms with Gasteiger partial charge in [-0.25, -0.2) is 0 Å². The lowest BCUT2D eigenvalue weighted by molar-refractivity contribution is -0.145. The van der Waals surface area contributed by atoms with E-state index in [0.29, 0.717) is 12.7 Å². The zero-order valence-corrected chi connectivity index (χ0v) is 16.2. The maximum Gasteiger partial charge on any atom is 0.223 e. The zero-order valence-electron chi connectivity index (χ0n) is 16.2. The van der Waals surface area contributed by atoms with Crippen LogP contribution in [-0.2, 0) is 9.59 Å². The smallest absolute Gasteiger partial charge is 0.223 e. The molecule has 0 aliphatic rings. The molecule has 0 spiro atoms. The molecule has 1 amide bonds. The second-order valence-electron chi connectivity index (χ2n) is 6.94. The first kappa shape index (κ1) is 25.0. The van der Waals surface area contributed by atoms with Crippen LogP contribution in [0.25, 0.3) is 0 Å². The van der Waals surface area contributed by atoms with E-state index in [1.807, 2.05) is 0 Å². The van der Waals surface area contributed by atoms with Crippen LogP contribution < -0.4 is 0 Å². The highest BCUT2D eigenvalue weighted by Gasteiger charge is 2.34. The van der Waals surface area contributed by atoms with Gasteiger partial charge in [0, 0.05) is 13.5 Å². The van der Waals surface area contributed by atoms with Gasteiger partial charge < -0.3 is 30.1 Å². The normalized spacial score (nSPS) is 15.9. The standard InChI is InChI=1S/C19H37NO6/c1-3-4-5-6-7-8-9-10-11-12-17(24)20(2)15(13-21)18(25)19(26)16(23)14-22/h13,15-16,18-19,22-23,25-26H,3-12,14H2,1-2H3/t15-,16+,18+,19+/m0/s1. The molecule has 0 saturated carbocycles. The van der Waals surface area contributed by atoms with E-state index in [9.17, 15) is 24.9 Å². The highest BCUT2D eigenvalue weighted by molar-refractivity contribution is 5.79. The van der Waals surface area contributed by atoms with E-state index in [2.05, 4.69) is 6.92 Å². The number of amides is 1. The molecular weight excluding hydrogens is 338 g/mol. The van der Waals surface area contributed by atoms with Crippen molar-refractivity contribution in [3.05, 3.63) is 0 Å². The first-order valence-electron chi connectivity index (χ1n) is 9.76. The largest absolute Gasteiger partial charge is 0.394 e. The van der Waals surface area contributed by atoms with E-state index >= 15 is 0 Å². The quantitative estimate of drug-likeness (QED) is 0.236. The average Bonchev–Trinajstić information content (AvgIpc) is 2.65. The molecule has 0 aromatic rings. The van der Waals surface area contributed by atoms with Crippen LogP contribution >= 0.6 is 0 Å². The van der Waals surface area contributed by atoms with E-state index in [1.165, 1.54) is 39.2 Å². The van der Waals surface area contributed by atoms with Crippen LogP contribution in [0.1, 0.15) is 71.1 Å². The average molecular weight is 376 g/mol. The molecule has 7 nitrogen and oxygen atoms in total. The summed E-state index contributed by atoms with van der Waals surface area (Å²) >= 11 is 0. The van der Waals surface area contributed by atoms with Gasteiger partial charge in [0.15, 0.2) is 0 Å². The van der Waals surface area contributed by atoms with Crippen molar-refractivity contribution < 1.29 is 30.0 Å². The Labute approximate surface area is 157 Å². The molecule has 154 valence electrons. The summed E-state index contributed by atoms with van der Waals surface area (Å²) in [5.74, 6) is -0.296. The number of aliphatic hydroxyl groups excluding tert-OH is 4.